The van der Waals surface area contributed by atoms with Crippen molar-refractivity contribution in [2.45, 2.75) is 35.4 Å². The van der Waals surface area contributed by atoms with Crippen LogP contribution in [-0.4, -0.2) is 38.4 Å². The van der Waals surface area contributed by atoms with Gasteiger partial charge >= 0.3 is 0 Å². The van der Waals surface area contributed by atoms with Crippen molar-refractivity contribution in [1.29, 1.82) is 0 Å². The van der Waals surface area contributed by atoms with Gasteiger partial charge in [0.05, 0.1) is 12.7 Å². The molecule has 0 radical (unpaired) electrons. The second-order valence-corrected chi connectivity index (χ2v) is 6.22. The topological polar surface area (TPSA) is 53.0 Å². The van der Waals surface area contributed by atoms with Gasteiger partial charge in [0, 0.05) is 5.92 Å². The summed E-state index contributed by atoms with van der Waals surface area (Å²) < 4.78 is 3.53. The number of aliphatic hydroxyl groups excluding tert-OH is 2. The predicted molar refractivity (Wildman–Crippen MR) is 55.8 cm³/mol. The molecule has 14 heavy (non-hydrogen) atoms. The van der Waals surface area contributed by atoms with E-state index in [1.807, 2.05) is 0 Å². The fraction of sp³-hybridized carbons (Fsp3) is 1.00. The van der Waals surface area contributed by atoms with Crippen LogP contribution in [0.2, 0.25) is 0 Å². The lowest BCUT2D eigenvalue weighted by atomic mass is 9.94. The number of alkyl halides is 3. The molecule has 0 saturated carbocycles. The second-order valence-electron chi connectivity index (χ2n) is 3.85. The van der Waals surface area contributed by atoms with E-state index in [0.717, 1.165) is 0 Å². The van der Waals surface area contributed by atoms with E-state index in [1.54, 1.807) is 13.8 Å². The molecule has 4 atom stereocenters. The monoisotopic (exact) mass is 262 g/mol. The molecule has 0 spiro atoms. The van der Waals surface area contributed by atoms with E-state index in [-0.39, 0.29) is 18.6 Å². The highest BCUT2D eigenvalue weighted by Gasteiger charge is 2.58. The Morgan fingerprint density at radius 2 is 2.00 bits per heavy atom. The van der Waals surface area contributed by atoms with E-state index in [0.29, 0.717) is 0 Å². The number of hydrogen-bond acceptors (Lipinski definition) is 3. The maximum absolute atomic E-state index is 9.63. The van der Waals surface area contributed by atoms with Crippen LogP contribution in [0.1, 0.15) is 13.8 Å². The zero-order chi connectivity index (χ0) is 11.1. The van der Waals surface area contributed by atoms with Crippen molar-refractivity contribution >= 4 is 34.8 Å². The van der Waals surface area contributed by atoms with E-state index in [9.17, 15) is 5.11 Å². The first kappa shape index (κ1) is 12.8. The van der Waals surface area contributed by atoms with E-state index in [1.165, 1.54) is 0 Å². The molecule has 1 rings (SSSR count). The van der Waals surface area contributed by atoms with Crippen LogP contribution in [-0.2, 0) is 4.74 Å². The number of halogens is 3. The number of aliphatic hydroxyl groups is 2. The summed E-state index contributed by atoms with van der Waals surface area (Å²) in [6.07, 6.45) is -1.37. The highest BCUT2D eigenvalue weighted by molar-refractivity contribution is 6.68. The number of ether oxygens (including phenoxy) is 1. The highest BCUT2D eigenvalue weighted by Crippen LogP contribution is 2.45. The maximum atomic E-state index is 9.63. The smallest absolute Gasteiger partial charge is 0.216 e. The van der Waals surface area contributed by atoms with Gasteiger partial charge in [0.2, 0.25) is 3.79 Å². The van der Waals surface area contributed by atoms with Crippen molar-refractivity contribution < 1.29 is 14.9 Å². The lowest BCUT2D eigenvalue weighted by molar-refractivity contribution is 0.102. The molecular weight excluding hydrogens is 250 g/mol. The van der Waals surface area contributed by atoms with Gasteiger partial charge in [-0.2, -0.15) is 0 Å². The number of hydrogen-bond donors (Lipinski definition) is 2. The first-order valence-electron chi connectivity index (χ1n) is 4.26. The van der Waals surface area contributed by atoms with Crippen molar-refractivity contribution in [2.75, 3.05) is 6.61 Å². The van der Waals surface area contributed by atoms with Crippen molar-refractivity contribution in [2.24, 2.45) is 5.92 Å². The minimum atomic E-state index is -1.72. The molecule has 1 aliphatic rings. The first-order valence-corrected chi connectivity index (χ1v) is 5.39. The Bertz CT molecular complexity index is 218. The molecule has 0 amide bonds. The summed E-state index contributed by atoms with van der Waals surface area (Å²) in [6, 6.07) is 0. The fourth-order valence-electron chi connectivity index (χ4n) is 1.51. The van der Waals surface area contributed by atoms with Crippen LogP contribution in [0.25, 0.3) is 0 Å². The third-order valence-corrected chi connectivity index (χ3v) is 3.24. The second kappa shape index (κ2) is 3.96. The van der Waals surface area contributed by atoms with E-state index in [2.05, 4.69) is 0 Å². The molecule has 0 aromatic carbocycles. The van der Waals surface area contributed by atoms with Crippen molar-refractivity contribution in [1.82, 2.24) is 0 Å². The SMILES string of the molecule is C[C@@H]([C@H](O)C(Cl)(Cl)Cl)[C@@H]1O[C@@]1(C)CO. The zero-order valence-electron chi connectivity index (χ0n) is 7.88. The fourth-order valence-corrected chi connectivity index (χ4v) is 2.11. The Morgan fingerprint density at radius 3 is 2.29 bits per heavy atom. The first-order chi connectivity index (χ1) is 6.22. The standard InChI is InChI=1S/C8H13Cl3O3/c1-4(5(13)8(9,10)11)6-7(2,3-12)14-6/h4-6,12-13H,3H2,1-2H3/t4-,5-,6-,7-/m0/s1. The summed E-state index contributed by atoms with van der Waals surface area (Å²) in [5, 5.41) is 18.6. The Hall–Kier alpha value is 0.750. The molecule has 0 aliphatic carbocycles. The van der Waals surface area contributed by atoms with Gasteiger partial charge in [-0.1, -0.05) is 41.7 Å². The minimum absolute atomic E-state index is 0.103. The molecule has 1 heterocycles. The van der Waals surface area contributed by atoms with E-state index < -0.39 is 15.5 Å². The van der Waals surface area contributed by atoms with Gasteiger partial charge < -0.3 is 14.9 Å². The molecule has 0 unspecified atom stereocenters. The molecule has 6 heteroatoms. The minimum Gasteiger partial charge on any atom is -0.393 e. The van der Waals surface area contributed by atoms with Crippen molar-refractivity contribution in [3.8, 4) is 0 Å². The summed E-state index contributed by atoms with van der Waals surface area (Å²) in [5.74, 6) is -0.334. The molecule has 84 valence electrons. The maximum Gasteiger partial charge on any atom is 0.216 e. The molecule has 2 N–H and O–H groups in total. The van der Waals surface area contributed by atoms with E-state index in [4.69, 9.17) is 44.6 Å². The van der Waals surface area contributed by atoms with Crippen LogP contribution in [0.4, 0.5) is 0 Å². The average Bonchev–Trinajstić information content (AvgIpc) is 2.75. The van der Waals surface area contributed by atoms with Gasteiger partial charge in [-0.05, 0) is 6.92 Å². The Kier molecular flexibility index (Phi) is 3.63. The van der Waals surface area contributed by atoms with Crippen LogP contribution < -0.4 is 0 Å². The largest absolute Gasteiger partial charge is 0.393 e. The Morgan fingerprint density at radius 1 is 1.50 bits per heavy atom. The van der Waals surface area contributed by atoms with E-state index >= 15 is 0 Å². The highest BCUT2D eigenvalue weighted by atomic mass is 35.6. The quantitative estimate of drug-likeness (QED) is 0.599. The summed E-state index contributed by atoms with van der Waals surface area (Å²) in [7, 11) is 0. The number of rotatable bonds is 3. The van der Waals surface area contributed by atoms with Crippen LogP contribution in [0, 0.1) is 5.92 Å². The van der Waals surface area contributed by atoms with Crippen LogP contribution in [0.15, 0.2) is 0 Å². The van der Waals surface area contributed by atoms with Crippen LogP contribution >= 0.6 is 34.8 Å². The van der Waals surface area contributed by atoms with Gasteiger partial charge in [-0.15, -0.1) is 0 Å². The lowest BCUT2D eigenvalue weighted by Gasteiger charge is -2.24. The van der Waals surface area contributed by atoms with Gasteiger partial charge in [0.25, 0.3) is 0 Å². The van der Waals surface area contributed by atoms with Crippen molar-refractivity contribution in [3.63, 3.8) is 0 Å². The van der Waals surface area contributed by atoms with Gasteiger partial charge in [0.15, 0.2) is 0 Å². The zero-order valence-corrected chi connectivity index (χ0v) is 10.1. The lowest BCUT2D eigenvalue weighted by Crippen LogP contribution is -2.37. The molecular formula is C8H13Cl3O3. The molecule has 0 aromatic rings. The molecule has 0 aromatic heterocycles. The van der Waals surface area contributed by atoms with Gasteiger partial charge in [0.1, 0.15) is 11.7 Å². The van der Waals surface area contributed by atoms with Gasteiger partial charge in [-0.3, -0.25) is 0 Å². The van der Waals surface area contributed by atoms with Crippen LogP contribution in [0.3, 0.4) is 0 Å². The summed E-state index contributed by atoms with van der Waals surface area (Å²) in [6.45, 7) is 3.37. The molecule has 1 saturated heterocycles. The van der Waals surface area contributed by atoms with Crippen molar-refractivity contribution in [3.05, 3.63) is 0 Å². The summed E-state index contributed by atoms with van der Waals surface area (Å²) in [4.78, 5) is 0. The summed E-state index contributed by atoms with van der Waals surface area (Å²) >= 11 is 16.6. The Balaban J connectivity index is 2.56. The number of epoxide rings is 1. The van der Waals surface area contributed by atoms with Crippen LogP contribution in [0.5, 0.6) is 0 Å². The molecule has 3 nitrogen and oxygen atoms in total. The Labute approximate surface area is 97.9 Å². The normalized spacial score (nSPS) is 36.6. The molecule has 1 aliphatic heterocycles. The molecule has 0 bridgehead atoms. The predicted octanol–water partition coefficient (Wildman–Crippen LogP) is 1.50. The molecule has 1 fully saturated rings. The van der Waals surface area contributed by atoms with Gasteiger partial charge in [-0.25, -0.2) is 0 Å². The average molecular weight is 264 g/mol. The third-order valence-electron chi connectivity index (χ3n) is 2.57. The summed E-state index contributed by atoms with van der Waals surface area (Å²) in [5.41, 5.74) is -0.601. The third kappa shape index (κ3) is 2.46.